The zero-order valence-electron chi connectivity index (χ0n) is 20.5. The van der Waals surface area contributed by atoms with E-state index in [1.807, 2.05) is 0 Å². The molecule has 1 aromatic rings. The molecule has 3 aliphatic rings. The van der Waals surface area contributed by atoms with Crippen molar-refractivity contribution in [1.29, 1.82) is 0 Å². The number of rotatable bonds is 10. The van der Waals surface area contributed by atoms with E-state index in [1.54, 1.807) is 0 Å². The van der Waals surface area contributed by atoms with Crippen LogP contribution < -0.4 is 4.90 Å². The van der Waals surface area contributed by atoms with Crippen LogP contribution in [0.15, 0.2) is 24.4 Å². The average Bonchev–Trinajstić information content (AvgIpc) is 3.54. The summed E-state index contributed by atoms with van der Waals surface area (Å²) in [7, 11) is 4.37. The number of fused-ring (bicyclic) bond motifs is 1. The number of anilines is 1. The van der Waals surface area contributed by atoms with Gasteiger partial charge >= 0.3 is 0 Å². The maximum atomic E-state index is 5.05. The molecular weight excluding hydrogens is 396 g/mol. The molecule has 2 saturated heterocycles. The Balaban J connectivity index is 1.36. The van der Waals surface area contributed by atoms with Gasteiger partial charge in [-0.05, 0) is 72.3 Å². The maximum Gasteiger partial charge on any atom is 0.161 e. The number of aromatic nitrogens is 2. The van der Waals surface area contributed by atoms with Crippen LogP contribution in [0.3, 0.4) is 0 Å². The van der Waals surface area contributed by atoms with Gasteiger partial charge in [-0.3, -0.25) is 4.90 Å². The van der Waals surface area contributed by atoms with E-state index < -0.39 is 0 Å². The molecule has 6 nitrogen and oxygen atoms in total. The Hall–Kier alpha value is -1.76. The second-order valence-corrected chi connectivity index (χ2v) is 9.82. The molecule has 0 bridgehead atoms. The normalized spacial score (nSPS) is 22.7. The molecule has 1 unspecified atom stereocenters. The molecule has 0 radical (unpaired) electrons. The summed E-state index contributed by atoms with van der Waals surface area (Å²) in [6.07, 6.45) is 16.2. The molecule has 1 atom stereocenters. The Bertz CT molecular complexity index is 796. The number of nitrogens with zero attached hydrogens (tertiary/aromatic N) is 6. The van der Waals surface area contributed by atoms with Gasteiger partial charge in [0.2, 0.25) is 0 Å². The second kappa shape index (κ2) is 11.4. The number of likely N-dealkylation sites (tertiary alicyclic amines) is 2. The Kier molecular flexibility index (Phi) is 8.33. The monoisotopic (exact) mass is 438 g/mol. The van der Waals surface area contributed by atoms with Crippen molar-refractivity contribution in [2.24, 2.45) is 0 Å². The Labute approximate surface area is 195 Å². The third-order valence-corrected chi connectivity index (χ3v) is 7.21. The number of hydrogen-bond acceptors (Lipinski definition) is 6. The van der Waals surface area contributed by atoms with Crippen LogP contribution in [0.25, 0.3) is 5.57 Å². The molecular formula is C26H42N6. The van der Waals surface area contributed by atoms with Crippen LogP contribution in [0.2, 0.25) is 0 Å². The van der Waals surface area contributed by atoms with E-state index in [1.165, 1.54) is 63.2 Å². The minimum atomic E-state index is 0.686. The molecule has 2 fully saturated rings. The van der Waals surface area contributed by atoms with Gasteiger partial charge in [0.25, 0.3) is 0 Å². The fraction of sp³-hybridized carbons (Fsp3) is 0.692. The third kappa shape index (κ3) is 5.97. The average molecular weight is 439 g/mol. The van der Waals surface area contributed by atoms with Crippen molar-refractivity contribution in [2.75, 3.05) is 71.4 Å². The minimum absolute atomic E-state index is 0.686. The highest BCUT2D eigenvalue weighted by molar-refractivity contribution is 5.71. The van der Waals surface area contributed by atoms with Crippen LogP contribution in [0.1, 0.15) is 50.4 Å². The maximum absolute atomic E-state index is 5.05. The van der Waals surface area contributed by atoms with Crippen LogP contribution in [-0.4, -0.2) is 97.2 Å². The topological polar surface area (TPSA) is 38.7 Å². The summed E-state index contributed by atoms with van der Waals surface area (Å²) in [6.45, 7) is 11.5. The summed E-state index contributed by atoms with van der Waals surface area (Å²) >= 11 is 0. The standard InChI is InChI=1S/C26H42N6/c1-4-9-22(10-7-15-31-18-12-24(21-31)29(2)3)25-27-20-23-11-19-32(26(23)28-25)17-8-16-30-13-5-6-14-30/h7,9-10,20,24H,4-6,8,11-19,21H2,1-3H3/b10-7-,22-9+. The lowest BCUT2D eigenvalue weighted by atomic mass is 10.1. The molecule has 176 valence electrons. The Morgan fingerprint density at radius 1 is 1.12 bits per heavy atom. The fourth-order valence-electron chi connectivity index (χ4n) is 5.24. The van der Waals surface area contributed by atoms with E-state index in [4.69, 9.17) is 9.97 Å². The summed E-state index contributed by atoms with van der Waals surface area (Å²) in [5.41, 5.74) is 2.46. The highest BCUT2D eigenvalue weighted by Crippen LogP contribution is 2.27. The zero-order chi connectivity index (χ0) is 22.3. The smallest absolute Gasteiger partial charge is 0.161 e. The second-order valence-electron chi connectivity index (χ2n) is 9.82. The highest BCUT2D eigenvalue weighted by Gasteiger charge is 2.24. The van der Waals surface area contributed by atoms with Gasteiger partial charge in [0.15, 0.2) is 5.82 Å². The predicted octanol–water partition coefficient (Wildman–Crippen LogP) is 3.31. The van der Waals surface area contributed by atoms with Crippen molar-refractivity contribution in [2.45, 2.75) is 51.5 Å². The quantitative estimate of drug-likeness (QED) is 0.522. The van der Waals surface area contributed by atoms with E-state index in [0.717, 1.165) is 50.4 Å². The predicted molar refractivity (Wildman–Crippen MR) is 134 cm³/mol. The summed E-state index contributed by atoms with van der Waals surface area (Å²) < 4.78 is 0. The van der Waals surface area contributed by atoms with Crippen LogP contribution in [-0.2, 0) is 6.42 Å². The first-order valence-corrected chi connectivity index (χ1v) is 12.7. The van der Waals surface area contributed by atoms with E-state index in [2.05, 4.69) is 65.0 Å². The molecule has 0 saturated carbocycles. The van der Waals surface area contributed by atoms with Gasteiger partial charge in [-0.2, -0.15) is 0 Å². The lowest BCUT2D eigenvalue weighted by molar-refractivity contribution is 0.280. The van der Waals surface area contributed by atoms with E-state index in [0.29, 0.717) is 6.04 Å². The van der Waals surface area contributed by atoms with Crippen molar-refractivity contribution < 1.29 is 0 Å². The minimum Gasteiger partial charge on any atom is -0.356 e. The largest absolute Gasteiger partial charge is 0.356 e. The molecule has 0 amide bonds. The number of likely N-dealkylation sites (N-methyl/N-ethyl adjacent to an activating group) is 1. The molecule has 0 N–H and O–H groups in total. The van der Waals surface area contributed by atoms with Crippen molar-refractivity contribution in [3.8, 4) is 0 Å². The van der Waals surface area contributed by atoms with E-state index in [9.17, 15) is 0 Å². The molecule has 0 spiro atoms. The fourth-order valence-corrected chi connectivity index (χ4v) is 5.24. The molecule has 6 heteroatoms. The van der Waals surface area contributed by atoms with Gasteiger partial charge in [0.1, 0.15) is 5.82 Å². The number of hydrogen-bond donors (Lipinski definition) is 0. The van der Waals surface area contributed by atoms with E-state index >= 15 is 0 Å². The first kappa shape index (κ1) is 23.4. The van der Waals surface area contributed by atoms with Crippen LogP contribution >= 0.6 is 0 Å². The van der Waals surface area contributed by atoms with Gasteiger partial charge in [-0.1, -0.05) is 25.2 Å². The number of allylic oxidation sites excluding steroid dienone is 3. The zero-order valence-corrected chi connectivity index (χ0v) is 20.5. The Morgan fingerprint density at radius 3 is 2.72 bits per heavy atom. The molecule has 3 aliphatic heterocycles. The summed E-state index contributed by atoms with van der Waals surface area (Å²) in [5, 5.41) is 0. The summed E-state index contributed by atoms with van der Waals surface area (Å²) in [6, 6.07) is 0.686. The van der Waals surface area contributed by atoms with Crippen molar-refractivity contribution in [3.63, 3.8) is 0 Å². The van der Waals surface area contributed by atoms with Gasteiger partial charge in [-0.15, -0.1) is 0 Å². The first-order valence-electron chi connectivity index (χ1n) is 12.7. The Morgan fingerprint density at radius 2 is 1.97 bits per heavy atom. The lowest BCUT2D eigenvalue weighted by Gasteiger charge is -2.21. The molecule has 4 rings (SSSR count). The van der Waals surface area contributed by atoms with Crippen LogP contribution in [0, 0.1) is 0 Å². The molecule has 4 heterocycles. The van der Waals surface area contributed by atoms with Gasteiger partial charge in [-0.25, -0.2) is 9.97 Å². The van der Waals surface area contributed by atoms with Crippen LogP contribution in [0.5, 0.6) is 0 Å². The molecule has 0 aromatic carbocycles. The SMILES string of the molecule is CC/C=C(\C=C/CN1CCC(N(C)C)C1)c1ncc2c(n1)N(CCCN1CCCC1)CC2. The van der Waals surface area contributed by atoms with Crippen molar-refractivity contribution >= 4 is 11.4 Å². The third-order valence-electron chi connectivity index (χ3n) is 7.21. The molecule has 0 aliphatic carbocycles. The lowest BCUT2D eigenvalue weighted by Crippen LogP contribution is -2.31. The van der Waals surface area contributed by atoms with Crippen molar-refractivity contribution in [1.82, 2.24) is 24.7 Å². The van der Waals surface area contributed by atoms with Gasteiger partial charge in [0, 0.05) is 56.1 Å². The summed E-state index contributed by atoms with van der Waals surface area (Å²) in [5.74, 6) is 2.04. The van der Waals surface area contributed by atoms with Crippen LogP contribution in [0.4, 0.5) is 5.82 Å². The molecule has 1 aromatic heterocycles. The first-order chi connectivity index (χ1) is 15.6. The van der Waals surface area contributed by atoms with Crippen molar-refractivity contribution in [3.05, 3.63) is 35.8 Å². The van der Waals surface area contributed by atoms with E-state index in [-0.39, 0.29) is 0 Å². The summed E-state index contributed by atoms with van der Waals surface area (Å²) in [4.78, 5) is 19.8. The molecule has 32 heavy (non-hydrogen) atoms. The van der Waals surface area contributed by atoms with Gasteiger partial charge < -0.3 is 14.7 Å². The highest BCUT2D eigenvalue weighted by atomic mass is 15.2. The van der Waals surface area contributed by atoms with Gasteiger partial charge in [0.05, 0.1) is 0 Å².